The lowest BCUT2D eigenvalue weighted by Crippen LogP contribution is -2.49. The van der Waals surface area contributed by atoms with Gasteiger partial charge in [0.2, 0.25) is 0 Å². The van der Waals surface area contributed by atoms with E-state index < -0.39 is 5.54 Å². The number of methoxy groups -OCH3 is 1. The molecule has 25 heavy (non-hydrogen) atoms. The number of hydrogen-bond acceptors (Lipinski definition) is 4. The van der Waals surface area contributed by atoms with Crippen molar-refractivity contribution in [3.63, 3.8) is 0 Å². The Hall–Kier alpha value is -2.24. The molecular formula is C19H26N2O4. The molecule has 3 rings (SSSR count). The van der Waals surface area contributed by atoms with E-state index in [1.165, 1.54) is 4.90 Å². The molecule has 1 heterocycles. The summed E-state index contributed by atoms with van der Waals surface area (Å²) in [7, 11) is 1.61. The third kappa shape index (κ3) is 3.57. The first-order chi connectivity index (χ1) is 12.1. The average Bonchev–Trinajstić information content (AvgIpc) is 2.87. The van der Waals surface area contributed by atoms with Gasteiger partial charge in [0.25, 0.3) is 5.91 Å². The zero-order valence-electron chi connectivity index (χ0n) is 14.9. The lowest BCUT2D eigenvalue weighted by atomic mass is 9.75. The molecule has 6 nitrogen and oxygen atoms in total. The number of benzene rings is 1. The molecule has 0 bridgehead atoms. The van der Waals surface area contributed by atoms with Gasteiger partial charge in [0.15, 0.2) is 0 Å². The quantitative estimate of drug-likeness (QED) is 0.804. The van der Waals surface area contributed by atoms with Crippen LogP contribution in [0.25, 0.3) is 0 Å². The minimum atomic E-state index is -0.678. The fourth-order valence-corrected chi connectivity index (χ4v) is 3.72. The van der Waals surface area contributed by atoms with Crippen LogP contribution in [0.4, 0.5) is 4.79 Å². The molecule has 1 aliphatic carbocycles. The average molecular weight is 346 g/mol. The van der Waals surface area contributed by atoms with E-state index in [-0.39, 0.29) is 25.1 Å². The van der Waals surface area contributed by atoms with Crippen LogP contribution in [0.3, 0.4) is 0 Å². The lowest BCUT2D eigenvalue weighted by molar-refractivity contribution is -0.133. The van der Waals surface area contributed by atoms with Crippen LogP contribution in [0.2, 0.25) is 0 Å². The van der Waals surface area contributed by atoms with Crippen LogP contribution in [0.15, 0.2) is 24.3 Å². The highest BCUT2D eigenvalue weighted by Gasteiger charge is 2.52. The molecule has 136 valence electrons. The van der Waals surface area contributed by atoms with Gasteiger partial charge in [0.1, 0.15) is 23.6 Å². The van der Waals surface area contributed by atoms with Crippen LogP contribution in [-0.2, 0) is 4.79 Å². The summed E-state index contributed by atoms with van der Waals surface area (Å²) in [6.07, 6.45) is 4.62. The van der Waals surface area contributed by atoms with E-state index in [1.807, 2.05) is 12.1 Å². The van der Waals surface area contributed by atoms with Gasteiger partial charge >= 0.3 is 6.03 Å². The summed E-state index contributed by atoms with van der Waals surface area (Å²) in [5, 5.41) is 2.94. The maximum absolute atomic E-state index is 12.8. The molecular weight excluding hydrogens is 320 g/mol. The summed E-state index contributed by atoms with van der Waals surface area (Å²) in [6.45, 7) is 2.72. The Kier molecular flexibility index (Phi) is 5.16. The summed E-state index contributed by atoms with van der Waals surface area (Å²) in [5.41, 5.74) is -0.678. The Labute approximate surface area is 148 Å². The molecule has 2 aliphatic rings. The highest BCUT2D eigenvalue weighted by Crippen LogP contribution is 2.37. The number of amides is 3. The van der Waals surface area contributed by atoms with Crippen molar-refractivity contribution in [1.29, 1.82) is 0 Å². The van der Waals surface area contributed by atoms with Crippen molar-refractivity contribution in [2.45, 2.75) is 44.6 Å². The Morgan fingerprint density at radius 2 is 1.80 bits per heavy atom. The Bertz CT molecular complexity index is 621. The highest BCUT2D eigenvalue weighted by molar-refractivity contribution is 6.07. The summed E-state index contributed by atoms with van der Waals surface area (Å²) in [5.74, 6) is 2.02. The van der Waals surface area contributed by atoms with Gasteiger partial charge in [0, 0.05) is 0 Å². The predicted octanol–water partition coefficient (Wildman–Crippen LogP) is 2.96. The number of carbonyl (C=O) groups excluding carboxylic acids is 2. The molecule has 1 spiro atoms. The molecule has 0 radical (unpaired) electrons. The van der Waals surface area contributed by atoms with E-state index in [9.17, 15) is 9.59 Å². The topological polar surface area (TPSA) is 67.9 Å². The molecule has 1 aliphatic heterocycles. The van der Waals surface area contributed by atoms with E-state index in [1.54, 1.807) is 19.2 Å². The molecule has 6 heteroatoms. The van der Waals surface area contributed by atoms with E-state index in [2.05, 4.69) is 12.2 Å². The van der Waals surface area contributed by atoms with Crippen molar-refractivity contribution in [2.75, 3.05) is 20.3 Å². The van der Waals surface area contributed by atoms with E-state index in [4.69, 9.17) is 9.47 Å². The Balaban J connectivity index is 1.54. The van der Waals surface area contributed by atoms with E-state index in [0.29, 0.717) is 11.7 Å². The fourth-order valence-electron chi connectivity index (χ4n) is 3.72. The largest absolute Gasteiger partial charge is 0.497 e. The van der Waals surface area contributed by atoms with Gasteiger partial charge in [-0.15, -0.1) is 0 Å². The van der Waals surface area contributed by atoms with Gasteiger partial charge in [-0.25, -0.2) is 4.79 Å². The fraction of sp³-hybridized carbons (Fsp3) is 0.579. The third-order valence-corrected chi connectivity index (χ3v) is 5.43. The van der Waals surface area contributed by atoms with Gasteiger partial charge in [-0.3, -0.25) is 9.69 Å². The standard InChI is InChI=1S/C19H26N2O4/c1-3-14-8-10-19(11-9-14)17(22)21(18(23)20-19)12-13-25-16-6-4-15(24-2)5-7-16/h4-7,14H,3,8-13H2,1-2H3,(H,20,23). The third-order valence-electron chi connectivity index (χ3n) is 5.43. The number of carbonyl (C=O) groups is 2. The molecule has 3 amide bonds. The maximum Gasteiger partial charge on any atom is 0.325 e. The molecule has 1 N–H and O–H groups in total. The molecule has 1 aromatic rings. The normalized spacial score (nSPS) is 26.0. The van der Waals surface area contributed by atoms with Crippen LogP contribution in [0.1, 0.15) is 39.0 Å². The van der Waals surface area contributed by atoms with Crippen molar-refractivity contribution in [3.8, 4) is 11.5 Å². The lowest BCUT2D eigenvalue weighted by Gasteiger charge is -2.34. The summed E-state index contributed by atoms with van der Waals surface area (Å²) in [6, 6.07) is 6.93. The van der Waals surface area contributed by atoms with Crippen LogP contribution in [-0.4, -0.2) is 42.6 Å². The number of ether oxygens (including phenoxy) is 2. The van der Waals surface area contributed by atoms with Gasteiger partial charge < -0.3 is 14.8 Å². The summed E-state index contributed by atoms with van der Waals surface area (Å²) < 4.78 is 10.7. The first-order valence-corrected chi connectivity index (χ1v) is 8.99. The highest BCUT2D eigenvalue weighted by atomic mass is 16.5. The SMILES string of the molecule is CCC1CCC2(CC1)NC(=O)N(CCOc1ccc(OC)cc1)C2=O. The van der Waals surface area contributed by atoms with Gasteiger partial charge in [0.05, 0.1) is 13.7 Å². The molecule has 0 aromatic heterocycles. The molecule has 0 unspecified atom stereocenters. The number of imide groups is 1. The van der Waals surface area contributed by atoms with Gasteiger partial charge in [-0.2, -0.15) is 0 Å². The zero-order valence-corrected chi connectivity index (χ0v) is 14.9. The Morgan fingerprint density at radius 3 is 2.40 bits per heavy atom. The second kappa shape index (κ2) is 7.33. The van der Waals surface area contributed by atoms with Crippen molar-refractivity contribution in [3.05, 3.63) is 24.3 Å². The number of urea groups is 1. The van der Waals surface area contributed by atoms with Crippen molar-refractivity contribution >= 4 is 11.9 Å². The Morgan fingerprint density at radius 1 is 1.16 bits per heavy atom. The number of hydrogen-bond donors (Lipinski definition) is 1. The van der Waals surface area contributed by atoms with Crippen molar-refractivity contribution in [2.24, 2.45) is 5.92 Å². The van der Waals surface area contributed by atoms with Crippen LogP contribution < -0.4 is 14.8 Å². The molecule has 1 saturated carbocycles. The van der Waals surface area contributed by atoms with Crippen LogP contribution >= 0.6 is 0 Å². The van der Waals surface area contributed by atoms with E-state index in [0.717, 1.165) is 37.9 Å². The van der Waals surface area contributed by atoms with Gasteiger partial charge in [-0.1, -0.05) is 13.3 Å². The van der Waals surface area contributed by atoms with Crippen molar-refractivity contribution in [1.82, 2.24) is 10.2 Å². The number of rotatable bonds is 6. The molecule has 1 aromatic carbocycles. The summed E-state index contributed by atoms with van der Waals surface area (Å²) >= 11 is 0. The first kappa shape index (κ1) is 17.6. The summed E-state index contributed by atoms with van der Waals surface area (Å²) in [4.78, 5) is 26.3. The zero-order chi connectivity index (χ0) is 17.9. The second-order valence-electron chi connectivity index (χ2n) is 6.84. The number of nitrogens with zero attached hydrogens (tertiary/aromatic N) is 1. The van der Waals surface area contributed by atoms with Crippen molar-refractivity contribution < 1.29 is 19.1 Å². The monoisotopic (exact) mass is 346 g/mol. The van der Waals surface area contributed by atoms with Crippen LogP contribution in [0, 0.1) is 5.92 Å². The predicted molar refractivity (Wildman–Crippen MR) is 93.7 cm³/mol. The molecule has 1 saturated heterocycles. The smallest absolute Gasteiger partial charge is 0.325 e. The van der Waals surface area contributed by atoms with E-state index >= 15 is 0 Å². The first-order valence-electron chi connectivity index (χ1n) is 8.99. The number of nitrogens with one attached hydrogen (secondary N) is 1. The van der Waals surface area contributed by atoms with Gasteiger partial charge in [-0.05, 0) is 55.9 Å². The molecule has 2 fully saturated rings. The minimum Gasteiger partial charge on any atom is -0.497 e. The maximum atomic E-state index is 12.8. The van der Waals surface area contributed by atoms with Crippen LogP contribution in [0.5, 0.6) is 11.5 Å². The minimum absolute atomic E-state index is 0.0922. The molecule has 0 atom stereocenters. The second-order valence-corrected chi connectivity index (χ2v) is 6.84.